The summed E-state index contributed by atoms with van der Waals surface area (Å²) in [7, 11) is 0. The molecule has 1 aliphatic carbocycles. The third-order valence-electron chi connectivity index (χ3n) is 8.00. The van der Waals surface area contributed by atoms with Gasteiger partial charge in [0.15, 0.2) is 0 Å². The number of urea groups is 1. The Morgan fingerprint density at radius 2 is 1.47 bits per heavy atom. The van der Waals surface area contributed by atoms with Crippen LogP contribution in [0.2, 0.25) is 0 Å². The monoisotopic (exact) mass is 607 g/mol. The number of nitrogens with zero attached hydrogens (tertiary/aromatic N) is 1. The molecular weight excluding hydrogens is 554 g/mol. The molecule has 12 nitrogen and oxygen atoms in total. The van der Waals surface area contributed by atoms with Crippen LogP contribution in [0, 0.1) is 29.1 Å². The highest BCUT2D eigenvalue weighted by molar-refractivity contribution is 6.37. The molecule has 0 aromatic carbocycles. The van der Waals surface area contributed by atoms with Gasteiger partial charge in [0.25, 0.3) is 5.91 Å². The maximum Gasteiger partial charge on any atom is 0.329 e. The zero-order valence-corrected chi connectivity index (χ0v) is 27.5. The number of esters is 1. The van der Waals surface area contributed by atoms with Gasteiger partial charge in [0, 0.05) is 6.54 Å². The highest BCUT2D eigenvalue weighted by Gasteiger charge is 2.47. The molecule has 244 valence electrons. The molecule has 43 heavy (non-hydrogen) atoms. The summed E-state index contributed by atoms with van der Waals surface area (Å²) in [5.41, 5.74) is 3.82. The Balaban J connectivity index is 2.28. The number of nitrogens with two attached hydrogens (primary N) is 1. The number of ether oxygens (including phenoxy) is 1. The standard InChI is InChI=1S/C31H53N5O7/c1-16(2)19-13-14-36(22(19)26(39)33-20(15-18-11-12-18)23(37)25(32)38)27(40)21(17(3)4)34-29(42)35-24(30(5,6)7)28(41)43-31(8,9)10/h16-22,24H,11-15H2,1-10H3,(H2,32,38)(H,33,39)(H2,34,35,42)/t19-,20?,21+,22+,24-/m1/s1. The minimum atomic E-state index is -1.11. The highest BCUT2D eigenvalue weighted by Crippen LogP contribution is 2.35. The Hall–Kier alpha value is -3.18. The fourth-order valence-corrected chi connectivity index (χ4v) is 5.44. The van der Waals surface area contributed by atoms with Gasteiger partial charge < -0.3 is 31.3 Å². The van der Waals surface area contributed by atoms with E-state index in [4.69, 9.17) is 10.5 Å². The van der Waals surface area contributed by atoms with Crippen molar-refractivity contribution in [3.63, 3.8) is 0 Å². The van der Waals surface area contributed by atoms with E-state index < -0.39 is 70.7 Å². The number of nitrogens with one attached hydrogen (secondary N) is 3. The number of Topliss-reactive ketones (excluding diaryl/α,β-unsaturated/α-hetero) is 1. The molecule has 5 N–H and O–H groups in total. The van der Waals surface area contributed by atoms with Crippen LogP contribution in [-0.2, 0) is 28.7 Å². The van der Waals surface area contributed by atoms with Crippen molar-refractivity contribution in [3.05, 3.63) is 0 Å². The molecule has 0 aromatic rings. The second kappa shape index (κ2) is 14.1. The molecule has 2 fully saturated rings. The number of carbonyl (C=O) groups excluding carboxylic acids is 6. The van der Waals surface area contributed by atoms with E-state index in [-0.39, 0.29) is 30.2 Å². The van der Waals surface area contributed by atoms with Crippen LogP contribution >= 0.6 is 0 Å². The van der Waals surface area contributed by atoms with Crippen LogP contribution in [0.5, 0.6) is 0 Å². The van der Waals surface area contributed by atoms with Crippen molar-refractivity contribution >= 4 is 35.5 Å². The second-order valence-electron chi connectivity index (χ2n) is 14.8. The lowest BCUT2D eigenvalue weighted by Gasteiger charge is -2.35. The Kier molecular flexibility index (Phi) is 11.8. The van der Waals surface area contributed by atoms with Gasteiger partial charge in [-0.1, -0.05) is 61.3 Å². The molecule has 1 saturated carbocycles. The highest BCUT2D eigenvalue weighted by atomic mass is 16.6. The van der Waals surface area contributed by atoms with Gasteiger partial charge in [0.2, 0.25) is 17.6 Å². The molecular formula is C31H53N5O7. The Morgan fingerprint density at radius 1 is 0.884 bits per heavy atom. The maximum atomic E-state index is 14.0. The Bertz CT molecular complexity index is 1070. The van der Waals surface area contributed by atoms with Gasteiger partial charge in [-0.25, -0.2) is 9.59 Å². The number of hydrogen-bond donors (Lipinski definition) is 4. The average Bonchev–Trinajstić information content (AvgIpc) is 3.55. The van der Waals surface area contributed by atoms with Crippen molar-refractivity contribution in [1.82, 2.24) is 20.9 Å². The van der Waals surface area contributed by atoms with E-state index in [0.717, 1.165) is 12.8 Å². The molecule has 2 rings (SSSR count). The normalized spacial score (nSPS) is 21.2. The van der Waals surface area contributed by atoms with Gasteiger partial charge in [0.1, 0.15) is 23.7 Å². The zero-order valence-electron chi connectivity index (χ0n) is 27.5. The minimum Gasteiger partial charge on any atom is -0.458 e. The third kappa shape index (κ3) is 10.2. The van der Waals surface area contributed by atoms with Crippen LogP contribution in [0.1, 0.15) is 94.9 Å². The van der Waals surface area contributed by atoms with E-state index in [1.807, 2.05) is 13.8 Å². The van der Waals surface area contributed by atoms with Gasteiger partial charge in [-0.2, -0.15) is 0 Å². The number of likely N-dealkylation sites (tertiary alicyclic amines) is 1. The summed E-state index contributed by atoms with van der Waals surface area (Å²) in [4.78, 5) is 79.5. The van der Waals surface area contributed by atoms with Crippen molar-refractivity contribution in [2.24, 2.45) is 34.8 Å². The van der Waals surface area contributed by atoms with Crippen LogP contribution in [0.15, 0.2) is 0 Å². The lowest BCUT2D eigenvalue weighted by Crippen LogP contribution is -2.61. The smallest absolute Gasteiger partial charge is 0.329 e. The van der Waals surface area contributed by atoms with E-state index in [9.17, 15) is 28.8 Å². The Labute approximate surface area is 256 Å². The third-order valence-corrected chi connectivity index (χ3v) is 8.00. The first kappa shape index (κ1) is 36.0. The van der Waals surface area contributed by atoms with Crippen LogP contribution in [0.4, 0.5) is 4.79 Å². The van der Waals surface area contributed by atoms with Gasteiger partial charge in [0.05, 0.1) is 6.04 Å². The maximum absolute atomic E-state index is 14.0. The molecule has 5 atom stereocenters. The van der Waals surface area contributed by atoms with Gasteiger partial charge in [-0.05, 0) is 62.7 Å². The van der Waals surface area contributed by atoms with Crippen molar-refractivity contribution in [2.45, 2.75) is 125 Å². The molecule has 0 radical (unpaired) electrons. The number of primary amides is 1. The van der Waals surface area contributed by atoms with Gasteiger partial charge >= 0.3 is 12.0 Å². The number of carbonyl (C=O) groups is 6. The van der Waals surface area contributed by atoms with Crippen molar-refractivity contribution in [3.8, 4) is 0 Å². The number of amides is 5. The molecule has 0 aromatic heterocycles. The number of rotatable bonds is 12. The van der Waals surface area contributed by atoms with E-state index in [0.29, 0.717) is 12.8 Å². The molecule has 2 aliphatic rings. The van der Waals surface area contributed by atoms with E-state index in [1.165, 1.54) is 4.90 Å². The van der Waals surface area contributed by atoms with Crippen molar-refractivity contribution in [1.29, 1.82) is 0 Å². The van der Waals surface area contributed by atoms with Gasteiger partial charge in [-0.15, -0.1) is 0 Å². The summed E-state index contributed by atoms with van der Waals surface area (Å²) in [6.07, 6.45) is 2.70. The molecule has 1 heterocycles. The Morgan fingerprint density at radius 3 is 1.91 bits per heavy atom. The van der Waals surface area contributed by atoms with Crippen LogP contribution in [0.3, 0.4) is 0 Å². The summed E-state index contributed by atoms with van der Waals surface area (Å²) in [6, 6.07) is -4.65. The summed E-state index contributed by atoms with van der Waals surface area (Å²) >= 11 is 0. The first-order valence-electron chi connectivity index (χ1n) is 15.4. The summed E-state index contributed by atoms with van der Waals surface area (Å²) in [5.74, 6) is -3.80. The summed E-state index contributed by atoms with van der Waals surface area (Å²) < 4.78 is 5.52. The van der Waals surface area contributed by atoms with Crippen molar-refractivity contribution < 1.29 is 33.5 Å². The molecule has 1 saturated heterocycles. The van der Waals surface area contributed by atoms with Crippen LogP contribution in [-0.4, -0.2) is 76.7 Å². The van der Waals surface area contributed by atoms with E-state index in [1.54, 1.807) is 55.4 Å². The first-order chi connectivity index (χ1) is 19.6. The first-order valence-corrected chi connectivity index (χ1v) is 15.4. The lowest BCUT2D eigenvalue weighted by atomic mass is 9.86. The second-order valence-corrected chi connectivity index (χ2v) is 14.8. The fourth-order valence-electron chi connectivity index (χ4n) is 5.44. The molecule has 0 spiro atoms. The topological polar surface area (TPSA) is 177 Å². The summed E-state index contributed by atoms with van der Waals surface area (Å²) in [5, 5.41) is 8.15. The quantitative estimate of drug-likeness (QED) is 0.194. The number of hydrogen-bond acceptors (Lipinski definition) is 7. The molecule has 1 unspecified atom stereocenters. The van der Waals surface area contributed by atoms with E-state index >= 15 is 0 Å². The summed E-state index contributed by atoms with van der Waals surface area (Å²) in [6.45, 7) is 18.4. The van der Waals surface area contributed by atoms with E-state index in [2.05, 4.69) is 16.0 Å². The number of ketones is 1. The molecule has 1 aliphatic heterocycles. The predicted octanol–water partition coefficient (Wildman–Crippen LogP) is 2.28. The van der Waals surface area contributed by atoms with Crippen LogP contribution in [0.25, 0.3) is 0 Å². The predicted molar refractivity (Wildman–Crippen MR) is 161 cm³/mol. The van der Waals surface area contributed by atoms with Crippen LogP contribution < -0.4 is 21.7 Å². The van der Waals surface area contributed by atoms with Crippen molar-refractivity contribution in [2.75, 3.05) is 6.54 Å². The SMILES string of the molecule is CC(C)[C@H](NC(=O)N[C@H](C(=O)OC(C)(C)C)C(C)(C)C)C(=O)N1CC[C@H](C(C)C)[C@H]1C(=O)NC(CC1CC1)C(=O)C(N)=O. The fraction of sp³-hybridized carbons (Fsp3) is 0.806. The largest absolute Gasteiger partial charge is 0.458 e. The molecule has 5 amide bonds. The minimum absolute atomic E-state index is 0.0393. The lowest BCUT2D eigenvalue weighted by molar-refractivity contribution is -0.160. The van der Waals surface area contributed by atoms with Gasteiger partial charge in [-0.3, -0.25) is 19.2 Å². The molecule has 0 bridgehead atoms. The molecule has 12 heteroatoms. The average molecular weight is 608 g/mol. The zero-order chi connectivity index (χ0) is 33.0.